The number of amidine groups is 1. The van der Waals surface area contributed by atoms with Crippen LogP contribution in [-0.2, 0) is 4.74 Å². The third kappa shape index (κ3) is 4.01. The minimum Gasteiger partial charge on any atom is -0.483 e. The van der Waals surface area contributed by atoms with Gasteiger partial charge in [0.25, 0.3) is 0 Å². The Balaban J connectivity index is 5.71. The van der Waals surface area contributed by atoms with E-state index in [2.05, 4.69) is 11.3 Å². The van der Waals surface area contributed by atoms with E-state index in [0.29, 0.717) is 0 Å². The molecule has 4 N–H and O–H groups in total. The van der Waals surface area contributed by atoms with Gasteiger partial charge in [-0.25, -0.2) is 0 Å². The second-order valence-electron chi connectivity index (χ2n) is 2.64. The van der Waals surface area contributed by atoms with Crippen LogP contribution in [0.15, 0.2) is 23.9 Å². The molecule has 0 saturated carbocycles. The second kappa shape index (κ2) is 5.18. The Hall–Kier alpha value is -2.26. The van der Waals surface area contributed by atoms with E-state index in [1.807, 2.05) is 0 Å². The van der Waals surface area contributed by atoms with Gasteiger partial charge in [-0.3, -0.25) is 15.5 Å². The molecule has 0 atom stereocenters. The first-order chi connectivity index (χ1) is 7.61. The lowest BCUT2D eigenvalue weighted by Crippen LogP contribution is -2.34. The normalized spacial score (nSPS) is 12.5. The molecule has 0 unspecified atom stereocenters. The van der Waals surface area contributed by atoms with Crippen molar-refractivity contribution in [2.45, 2.75) is 6.18 Å². The summed E-state index contributed by atoms with van der Waals surface area (Å²) in [6.07, 6.45) is -5.10. The van der Waals surface area contributed by atoms with Crippen LogP contribution < -0.4 is 11.1 Å². The molecule has 0 aromatic rings. The summed E-state index contributed by atoms with van der Waals surface area (Å²) >= 11 is 0. The van der Waals surface area contributed by atoms with Crippen molar-refractivity contribution < 1.29 is 22.8 Å². The van der Waals surface area contributed by atoms with E-state index in [1.54, 1.807) is 5.32 Å². The van der Waals surface area contributed by atoms with Gasteiger partial charge < -0.3 is 15.8 Å². The highest BCUT2D eigenvalue weighted by Crippen LogP contribution is 2.27. The van der Waals surface area contributed by atoms with Gasteiger partial charge in [0.1, 0.15) is 0 Å². The summed E-state index contributed by atoms with van der Waals surface area (Å²) in [5, 5.41) is 18.7. The van der Waals surface area contributed by atoms with Gasteiger partial charge in [0.2, 0.25) is 5.70 Å². The maximum atomic E-state index is 12.5. The highest BCUT2D eigenvalue weighted by atomic mass is 19.4. The van der Waals surface area contributed by atoms with Crippen molar-refractivity contribution in [3.8, 4) is 0 Å². The van der Waals surface area contributed by atoms with Crippen LogP contribution in [0.1, 0.15) is 0 Å². The van der Waals surface area contributed by atoms with Crippen molar-refractivity contribution in [1.82, 2.24) is 5.32 Å². The number of rotatable bonds is 5. The fourth-order valence-electron chi connectivity index (χ4n) is 0.779. The zero-order valence-electron chi connectivity index (χ0n) is 8.59. The van der Waals surface area contributed by atoms with Crippen molar-refractivity contribution >= 4 is 5.84 Å². The first-order valence-electron chi connectivity index (χ1n) is 3.91. The number of methoxy groups -OCH3 is 1. The zero-order chi connectivity index (χ0) is 13.8. The van der Waals surface area contributed by atoms with E-state index in [4.69, 9.17) is 11.1 Å². The summed E-state index contributed by atoms with van der Waals surface area (Å²) in [5.41, 5.74) is 1.31. The van der Waals surface area contributed by atoms with E-state index in [1.165, 1.54) is 0 Å². The third-order valence-corrected chi connectivity index (χ3v) is 1.47. The maximum Gasteiger partial charge on any atom is 0.438 e. The fourth-order valence-corrected chi connectivity index (χ4v) is 0.779. The Morgan fingerprint density at radius 2 is 2.06 bits per heavy atom. The van der Waals surface area contributed by atoms with E-state index in [-0.39, 0.29) is 0 Å². The van der Waals surface area contributed by atoms with E-state index in [0.717, 1.165) is 7.11 Å². The number of hydrogen-bond donors (Lipinski definition) is 3. The van der Waals surface area contributed by atoms with Gasteiger partial charge in [-0.1, -0.05) is 0 Å². The van der Waals surface area contributed by atoms with Crippen LogP contribution in [0.2, 0.25) is 0 Å². The van der Waals surface area contributed by atoms with Crippen LogP contribution >= 0.6 is 0 Å². The van der Waals surface area contributed by atoms with Gasteiger partial charge in [-0.15, -0.1) is 0 Å². The summed E-state index contributed by atoms with van der Waals surface area (Å²) in [7, 11) is 1.02. The van der Waals surface area contributed by atoms with Crippen molar-refractivity contribution in [2.24, 2.45) is 5.73 Å². The third-order valence-electron chi connectivity index (χ3n) is 1.47. The molecule has 0 heterocycles. The molecule has 0 amide bonds. The summed E-state index contributed by atoms with van der Waals surface area (Å²) < 4.78 is 41.9. The SMILES string of the molecule is C=C(NC(=C(C(=N)N)[N+](=O)[O-])C(F)(F)F)OC. The minimum atomic E-state index is -5.10. The van der Waals surface area contributed by atoms with Crippen molar-refractivity contribution in [3.05, 3.63) is 34.0 Å². The Bertz CT molecular complexity index is 372. The first-order valence-corrected chi connectivity index (χ1v) is 3.91. The van der Waals surface area contributed by atoms with E-state index < -0.39 is 34.2 Å². The van der Waals surface area contributed by atoms with Crippen molar-refractivity contribution in [3.63, 3.8) is 0 Å². The minimum absolute atomic E-state index is 0.571. The molecule has 0 bridgehead atoms. The highest BCUT2D eigenvalue weighted by Gasteiger charge is 2.43. The lowest BCUT2D eigenvalue weighted by atomic mass is 10.3. The molecule has 96 valence electrons. The van der Waals surface area contributed by atoms with Gasteiger partial charge in [-0.05, 0) is 6.58 Å². The highest BCUT2D eigenvalue weighted by molar-refractivity contribution is 5.92. The van der Waals surface area contributed by atoms with Gasteiger partial charge >= 0.3 is 11.9 Å². The number of nitrogens with one attached hydrogen (secondary N) is 2. The maximum absolute atomic E-state index is 12.5. The van der Waals surface area contributed by atoms with Crippen molar-refractivity contribution in [2.75, 3.05) is 7.11 Å². The zero-order valence-corrected chi connectivity index (χ0v) is 8.59. The van der Waals surface area contributed by atoms with Crippen molar-refractivity contribution in [1.29, 1.82) is 5.41 Å². The largest absolute Gasteiger partial charge is 0.483 e. The number of alkyl halides is 3. The Labute approximate surface area is 93.4 Å². The second-order valence-corrected chi connectivity index (χ2v) is 2.64. The van der Waals surface area contributed by atoms with Gasteiger partial charge in [0, 0.05) is 0 Å². The molecule has 0 radical (unpaired) electrons. The Morgan fingerprint density at radius 3 is 2.29 bits per heavy atom. The first kappa shape index (κ1) is 14.7. The van der Waals surface area contributed by atoms with Crippen LogP contribution in [0.25, 0.3) is 0 Å². The predicted molar refractivity (Wildman–Crippen MR) is 51.3 cm³/mol. The molecule has 0 aliphatic carbocycles. The molecule has 0 saturated heterocycles. The number of halogens is 3. The molecule has 0 rings (SSSR count). The molecular formula is C7H9F3N4O3. The van der Waals surface area contributed by atoms with Crippen LogP contribution in [0, 0.1) is 15.5 Å². The predicted octanol–water partition coefficient (Wildman–Crippen LogP) is 0.680. The van der Waals surface area contributed by atoms with Crippen LogP contribution in [0.3, 0.4) is 0 Å². The standard InChI is InChI=1S/C7H9F3N4O3/c1-3(17-2)13-5(7(8,9)10)4(6(11)12)14(15)16/h13H,1H2,2H3,(H3,11,12). The van der Waals surface area contributed by atoms with E-state index in [9.17, 15) is 23.3 Å². The van der Waals surface area contributed by atoms with Gasteiger partial charge in [-0.2, -0.15) is 13.2 Å². The van der Waals surface area contributed by atoms with E-state index >= 15 is 0 Å². The molecule has 0 aliphatic rings. The summed E-state index contributed by atoms with van der Waals surface area (Å²) in [5.74, 6) is -1.91. The average Bonchev–Trinajstić information content (AvgIpc) is 2.13. The topological polar surface area (TPSA) is 114 Å². The van der Waals surface area contributed by atoms with Crippen LogP contribution in [0.5, 0.6) is 0 Å². The Kier molecular flexibility index (Phi) is 4.50. The van der Waals surface area contributed by atoms with Gasteiger partial charge in [0.15, 0.2) is 11.7 Å². The molecule has 0 aliphatic heterocycles. The molecule has 0 aromatic carbocycles. The average molecular weight is 254 g/mol. The number of ether oxygens (including phenoxy) is 1. The number of nitrogens with zero attached hydrogens (tertiary/aromatic N) is 1. The Morgan fingerprint density at radius 1 is 1.59 bits per heavy atom. The molecule has 17 heavy (non-hydrogen) atoms. The molecule has 0 fully saturated rings. The fraction of sp³-hybridized carbons (Fsp3) is 0.286. The van der Waals surface area contributed by atoms with Crippen LogP contribution in [0.4, 0.5) is 13.2 Å². The lowest BCUT2D eigenvalue weighted by Gasteiger charge is -2.14. The molecule has 0 spiro atoms. The molecule has 0 aromatic heterocycles. The monoisotopic (exact) mass is 254 g/mol. The summed E-state index contributed by atoms with van der Waals surface area (Å²) in [6, 6.07) is 0. The molecular weight excluding hydrogens is 245 g/mol. The summed E-state index contributed by atoms with van der Waals surface area (Å²) in [6.45, 7) is 3.03. The molecule has 10 heteroatoms. The smallest absolute Gasteiger partial charge is 0.438 e. The van der Waals surface area contributed by atoms with Gasteiger partial charge in [0.05, 0.1) is 12.0 Å². The lowest BCUT2D eigenvalue weighted by molar-refractivity contribution is -0.418. The number of allylic oxidation sites excluding steroid dienone is 1. The number of nitrogens with two attached hydrogens (primary N) is 1. The number of hydrogen-bond acceptors (Lipinski definition) is 5. The quantitative estimate of drug-likeness (QED) is 0.219. The number of nitro groups is 1. The summed E-state index contributed by atoms with van der Waals surface area (Å²) in [4.78, 5) is 9.00. The molecule has 7 nitrogen and oxygen atoms in total. The van der Waals surface area contributed by atoms with Crippen LogP contribution in [-0.4, -0.2) is 24.0 Å².